The van der Waals surface area contributed by atoms with E-state index in [0.29, 0.717) is 5.69 Å². The van der Waals surface area contributed by atoms with Crippen molar-refractivity contribution in [3.63, 3.8) is 0 Å². The minimum absolute atomic E-state index is 0.00152. The number of sulfonamides is 1. The molecule has 0 spiro atoms. The monoisotopic (exact) mass is 284 g/mol. The van der Waals surface area contributed by atoms with E-state index in [1.54, 1.807) is 19.2 Å². The molecule has 106 valence electrons. The number of hydrogen-bond acceptors (Lipinski definition) is 3. The number of primary sulfonamides is 1. The predicted molar refractivity (Wildman–Crippen MR) is 75.2 cm³/mol. The zero-order chi connectivity index (χ0) is 14.8. The van der Waals surface area contributed by atoms with Crippen molar-refractivity contribution in [1.82, 2.24) is 0 Å². The molecule has 1 aromatic rings. The number of anilines is 1. The van der Waals surface area contributed by atoms with Gasteiger partial charge >= 0.3 is 0 Å². The molecule has 2 N–H and O–H groups in total. The van der Waals surface area contributed by atoms with Crippen molar-refractivity contribution in [1.29, 1.82) is 0 Å². The summed E-state index contributed by atoms with van der Waals surface area (Å²) in [6.45, 7) is 5.85. The molecule has 1 rings (SSSR count). The molecular weight excluding hydrogens is 264 g/mol. The predicted octanol–water partition coefficient (Wildman–Crippen LogP) is 1.59. The van der Waals surface area contributed by atoms with Crippen LogP contribution < -0.4 is 10.0 Å². The molecule has 0 heterocycles. The van der Waals surface area contributed by atoms with Crippen LogP contribution in [0.15, 0.2) is 29.2 Å². The van der Waals surface area contributed by atoms with Gasteiger partial charge in [-0.3, -0.25) is 4.79 Å². The molecule has 1 atom stereocenters. The zero-order valence-corrected chi connectivity index (χ0v) is 12.4. The minimum Gasteiger partial charge on any atom is -0.315 e. The fourth-order valence-corrected chi connectivity index (χ4v) is 2.09. The van der Waals surface area contributed by atoms with Crippen molar-refractivity contribution >= 4 is 21.6 Å². The van der Waals surface area contributed by atoms with Gasteiger partial charge in [-0.25, -0.2) is 13.6 Å². The Morgan fingerprint density at radius 1 is 1.16 bits per heavy atom. The lowest BCUT2D eigenvalue weighted by Crippen LogP contribution is -2.33. The summed E-state index contributed by atoms with van der Waals surface area (Å²) in [5, 5.41) is 5.02. The molecule has 1 unspecified atom stereocenters. The first-order valence-electron chi connectivity index (χ1n) is 6.05. The van der Waals surface area contributed by atoms with Crippen LogP contribution in [-0.4, -0.2) is 21.4 Å². The van der Waals surface area contributed by atoms with E-state index in [9.17, 15) is 13.2 Å². The highest BCUT2D eigenvalue weighted by atomic mass is 32.2. The van der Waals surface area contributed by atoms with Gasteiger partial charge in [0.05, 0.1) is 4.90 Å². The van der Waals surface area contributed by atoms with E-state index in [1.807, 2.05) is 20.8 Å². The molecular formula is C13H20N2O3S. The Bertz CT molecular complexity index is 550. The highest BCUT2D eigenvalue weighted by Crippen LogP contribution is 2.20. The molecule has 0 aliphatic heterocycles. The van der Waals surface area contributed by atoms with E-state index >= 15 is 0 Å². The lowest BCUT2D eigenvalue weighted by Gasteiger charge is -2.23. The number of hydrogen-bond donors (Lipinski definition) is 1. The summed E-state index contributed by atoms with van der Waals surface area (Å²) < 4.78 is 22.3. The Labute approximate surface area is 114 Å². The molecule has 1 amide bonds. The summed E-state index contributed by atoms with van der Waals surface area (Å²) in [6, 6.07) is 5.94. The summed E-state index contributed by atoms with van der Waals surface area (Å²) in [7, 11) is -2.02. The van der Waals surface area contributed by atoms with Gasteiger partial charge in [-0.15, -0.1) is 0 Å². The maximum atomic E-state index is 12.1. The van der Waals surface area contributed by atoms with Gasteiger partial charge in [0.25, 0.3) is 0 Å². The first kappa shape index (κ1) is 15.7. The van der Waals surface area contributed by atoms with E-state index in [2.05, 4.69) is 0 Å². The Morgan fingerprint density at radius 3 is 2.00 bits per heavy atom. The second-order valence-corrected chi connectivity index (χ2v) is 6.53. The van der Waals surface area contributed by atoms with E-state index in [-0.39, 0.29) is 22.6 Å². The molecule has 6 heteroatoms. The van der Waals surface area contributed by atoms with Crippen LogP contribution in [0.4, 0.5) is 5.69 Å². The Hall–Kier alpha value is -1.40. The van der Waals surface area contributed by atoms with E-state index in [0.717, 1.165) is 0 Å². The molecule has 5 nitrogen and oxygen atoms in total. The summed E-state index contributed by atoms with van der Waals surface area (Å²) in [5.74, 6) is 0.153. The lowest BCUT2D eigenvalue weighted by atomic mass is 9.96. The van der Waals surface area contributed by atoms with Gasteiger partial charge in [0.1, 0.15) is 0 Å². The standard InChI is InChI=1S/C13H20N2O3S/c1-9(2)10(3)13(16)15(4)11-5-7-12(8-6-11)19(14,17)18/h5-10H,1-4H3,(H2,14,17,18). The number of benzene rings is 1. The third kappa shape index (κ3) is 3.78. The largest absolute Gasteiger partial charge is 0.315 e. The normalized spacial score (nSPS) is 13.4. The smallest absolute Gasteiger partial charge is 0.238 e. The van der Waals surface area contributed by atoms with Crippen LogP contribution >= 0.6 is 0 Å². The third-order valence-corrected chi connectivity index (χ3v) is 4.20. The van der Waals surface area contributed by atoms with Gasteiger partial charge in [0.15, 0.2) is 0 Å². The minimum atomic E-state index is -3.70. The molecule has 0 aromatic heterocycles. The van der Waals surface area contributed by atoms with Crippen molar-refractivity contribution < 1.29 is 13.2 Å². The maximum absolute atomic E-state index is 12.1. The van der Waals surface area contributed by atoms with Crippen molar-refractivity contribution in [3.05, 3.63) is 24.3 Å². The molecule has 0 bridgehead atoms. The summed E-state index contributed by atoms with van der Waals surface area (Å²) in [5.41, 5.74) is 0.643. The number of amides is 1. The van der Waals surface area contributed by atoms with Crippen LogP contribution in [0.25, 0.3) is 0 Å². The van der Waals surface area contributed by atoms with Crippen LogP contribution in [0.2, 0.25) is 0 Å². The van der Waals surface area contributed by atoms with Gasteiger partial charge in [-0.2, -0.15) is 0 Å². The Kier molecular flexibility index (Phi) is 4.70. The Morgan fingerprint density at radius 2 is 1.63 bits per heavy atom. The second-order valence-electron chi connectivity index (χ2n) is 4.97. The number of carbonyl (C=O) groups excluding carboxylic acids is 1. The maximum Gasteiger partial charge on any atom is 0.238 e. The molecule has 0 fully saturated rings. The highest BCUT2D eigenvalue weighted by molar-refractivity contribution is 7.89. The van der Waals surface area contributed by atoms with Crippen LogP contribution in [0.5, 0.6) is 0 Å². The van der Waals surface area contributed by atoms with Gasteiger partial charge in [-0.05, 0) is 30.2 Å². The summed E-state index contributed by atoms with van der Waals surface area (Å²) in [6.07, 6.45) is 0. The average Bonchev–Trinajstić information content (AvgIpc) is 2.35. The van der Waals surface area contributed by atoms with Crippen molar-refractivity contribution in [3.8, 4) is 0 Å². The van der Waals surface area contributed by atoms with E-state index < -0.39 is 10.0 Å². The van der Waals surface area contributed by atoms with Crippen molar-refractivity contribution in [2.24, 2.45) is 17.0 Å². The molecule has 0 radical (unpaired) electrons. The SMILES string of the molecule is CC(C)C(C)C(=O)N(C)c1ccc(S(N)(=O)=O)cc1. The summed E-state index contributed by atoms with van der Waals surface area (Å²) in [4.78, 5) is 13.7. The summed E-state index contributed by atoms with van der Waals surface area (Å²) >= 11 is 0. The lowest BCUT2D eigenvalue weighted by molar-refractivity contribution is -0.122. The van der Waals surface area contributed by atoms with Crippen LogP contribution in [0.1, 0.15) is 20.8 Å². The van der Waals surface area contributed by atoms with Crippen molar-refractivity contribution in [2.75, 3.05) is 11.9 Å². The molecule has 19 heavy (non-hydrogen) atoms. The van der Waals surface area contributed by atoms with Gasteiger partial charge in [-0.1, -0.05) is 20.8 Å². The average molecular weight is 284 g/mol. The first-order chi connectivity index (χ1) is 8.64. The fraction of sp³-hybridized carbons (Fsp3) is 0.462. The van der Waals surface area contributed by atoms with Crippen LogP contribution in [-0.2, 0) is 14.8 Å². The fourth-order valence-electron chi connectivity index (χ4n) is 1.58. The number of carbonyl (C=O) groups is 1. The van der Waals surface area contributed by atoms with Crippen LogP contribution in [0.3, 0.4) is 0 Å². The number of nitrogens with two attached hydrogens (primary N) is 1. The molecule has 0 saturated carbocycles. The van der Waals surface area contributed by atoms with E-state index in [4.69, 9.17) is 5.14 Å². The highest BCUT2D eigenvalue weighted by Gasteiger charge is 2.21. The van der Waals surface area contributed by atoms with Crippen molar-refractivity contribution in [2.45, 2.75) is 25.7 Å². The third-order valence-electron chi connectivity index (χ3n) is 3.27. The topological polar surface area (TPSA) is 80.5 Å². The van der Waals surface area contributed by atoms with Gasteiger partial charge < -0.3 is 4.90 Å². The quantitative estimate of drug-likeness (QED) is 0.911. The second kappa shape index (κ2) is 5.71. The molecule has 1 aromatic carbocycles. The van der Waals surface area contributed by atoms with Gasteiger partial charge in [0, 0.05) is 18.7 Å². The zero-order valence-electron chi connectivity index (χ0n) is 11.6. The molecule has 0 aliphatic carbocycles. The number of rotatable bonds is 4. The Balaban J connectivity index is 2.96. The van der Waals surface area contributed by atoms with E-state index in [1.165, 1.54) is 17.0 Å². The van der Waals surface area contributed by atoms with Crippen LogP contribution in [0, 0.1) is 11.8 Å². The molecule has 0 aliphatic rings. The number of nitrogens with zero attached hydrogens (tertiary/aromatic N) is 1. The first-order valence-corrected chi connectivity index (χ1v) is 7.59. The molecule has 0 saturated heterocycles. The van der Waals surface area contributed by atoms with Gasteiger partial charge in [0.2, 0.25) is 15.9 Å².